The monoisotopic (exact) mass is 498 g/mol. The van der Waals surface area contributed by atoms with Crippen molar-refractivity contribution in [1.82, 2.24) is 30.0 Å². The van der Waals surface area contributed by atoms with Crippen LogP contribution in [0.25, 0.3) is 11.0 Å². The van der Waals surface area contributed by atoms with Gasteiger partial charge in [-0.1, -0.05) is 25.5 Å². The molecule has 0 amide bonds. The van der Waals surface area contributed by atoms with Crippen LogP contribution in [0.15, 0.2) is 24.4 Å². The summed E-state index contributed by atoms with van der Waals surface area (Å²) < 4.78 is 7.63. The second kappa shape index (κ2) is 12.3. The molecule has 1 aliphatic rings. The second-order valence-electron chi connectivity index (χ2n) is 9.21. The van der Waals surface area contributed by atoms with E-state index in [1.54, 1.807) is 13.3 Å². The predicted molar refractivity (Wildman–Crippen MR) is 140 cm³/mol. The van der Waals surface area contributed by atoms with E-state index in [0.29, 0.717) is 30.8 Å². The average molecular weight is 499 g/mol. The van der Waals surface area contributed by atoms with Crippen LogP contribution in [-0.2, 0) is 6.54 Å². The van der Waals surface area contributed by atoms with Gasteiger partial charge in [0.1, 0.15) is 16.8 Å². The smallest absolute Gasteiger partial charge is 0.222 e. The molecule has 2 atom stereocenters. The molecule has 3 aromatic rings. The fourth-order valence-electron chi connectivity index (χ4n) is 4.87. The normalized spacial score (nSPS) is 17.4. The van der Waals surface area contributed by atoms with Gasteiger partial charge < -0.3 is 31.3 Å². The van der Waals surface area contributed by atoms with Crippen LogP contribution in [0.5, 0.6) is 5.75 Å². The van der Waals surface area contributed by atoms with Crippen molar-refractivity contribution in [2.45, 2.75) is 44.8 Å². The fraction of sp³-hybridized carbons (Fsp3) is 0.560. The van der Waals surface area contributed by atoms with Crippen molar-refractivity contribution in [2.75, 3.05) is 57.6 Å². The number of hydrogen-bond donors (Lipinski definition) is 5. The number of aromatic nitrogens is 4. The van der Waals surface area contributed by atoms with Crippen molar-refractivity contribution in [3.8, 4) is 5.75 Å². The summed E-state index contributed by atoms with van der Waals surface area (Å²) in [5.74, 6) is 1.58. The molecule has 0 bridgehead atoms. The van der Waals surface area contributed by atoms with Crippen LogP contribution in [0.2, 0.25) is 0 Å². The number of aliphatic hydroxyl groups is 2. The van der Waals surface area contributed by atoms with E-state index >= 15 is 0 Å². The number of β-amino-alcohol motifs (C(OH)–C–C–N with tert-alkyl or cyclic N) is 1. The lowest BCUT2D eigenvalue weighted by Gasteiger charge is -2.33. The minimum absolute atomic E-state index is 0.0723. The first-order valence-electron chi connectivity index (χ1n) is 12.7. The van der Waals surface area contributed by atoms with E-state index in [4.69, 9.17) is 10.5 Å². The summed E-state index contributed by atoms with van der Waals surface area (Å²) in [5, 5.41) is 30.4. The summed E-state index contributed by atoms with van der Waals surface area (Å²) in [6.07, 6.45) is 4.20. The first-order valence-corrected chi connectivity index (χ1v) is 12.7. The number of fused-ring (bicyclic) bond motifs is 1. The van der Waals surface area contributed by atoms with Crippen LogP contribution in [0.3, 0.4) is 0 Å². The maximum absolute atomic E-state index is 9.49. The molecule has 11 nitrogen and oxygen atoms in total. The minimum atomic E-state index is 0.0723. The molecule has 3 heterocycles. The molecule has 6 N–H and O–H groups in total. The van der Waals surface area contributed by atoms with Gasteiger partial charge in [0.05, 0.1) is 26.5 Å². The van der Waals surface area contributed by atoms with E-state index in [1.165, 1.54) is 0 Å². The molecule has 0 aliphatic carbocycles. The van der Waals surface area contributed by atoms with Crippen molar-refractivity contribution < 1.29 is 14.9 Å². The Hall–Kier alpha value is -2.99. The number of nitrogens with two attached hydrogens (primary N) is 1. The fourth-order valence-corrected chi connectivity index (χ4v) is 4.87. The number of methoxy groups -OCH3 is 1. The Labute approximate surface area is 211 Å². The molecule has 11 heteroatoms. The maximum Gasteiger partial charge on any atom is 0.222 e. The number of nitrogens with one attached hydrogen (secondary N) is 2. The van der Waals surface area contributed by atoms with Gasteiger partial charge in [-0.15, -0.1) is 0 Å². The minimum Gasteiger partial charge on any atom is -0.496 e. The molecule has 1 saturated heterocycles. The van der Waals surface area contributed by atoms with Gasteiger partial charge in [-0.2, -0.15) is 10.1 Å². The zero-order chi connectivity index (χ0) is 25.5. The van der Waals surface area contributed by atoms with Crippen molar-refractivity contribution in [1.29, 1.82) is 0 Å². The largest absolute Gasteiger partial charge is 0.496 e. The molecule has 1 fully saturated rings. The molecule has 196 valence electrons. The molecular formula is C25H38N8O3. The van der Waals surface area contributed by atoms with E-state index in [0.717, 1.165) is 54.9 Å². The lowest BCUT2D eigenvalue weighted by atomic mass is 10.0. The van der Waals surface area contributed by atoms with E-state index < -0.39 is 0 Å². The number of aliphatic hydroxyl groups excluding tert-OH is 2. The van der Waals surface area contributed by atoms with Gasteiger partial charge in [-0.3, -0.25) is 9.58 Å². The third kappa shape index (κ3) is 6.04. The van der Waals surface area contributed by atoms with Crippen LogP contribution in [0.1, 0.15) is 43.4 Å². The molecule has 1 aliphatic heterocycles. The molecule has 2 unspecified atom stereocenters. The summed E-state index contributed by atoms with van der Waals surface area (Å²) in [6.45, 7) is 6.18. The van der Waals surface area contributed by atoms with Gasteiger partial charge in [-0.25, -0.2) is 4.98 Å². The highest BCUT2D eigenvalue weighted by atomic mass is 16.5. The van der Waals surface area contributed by atoms with Crippen molar-refractivity contribution in [3.63, 3.8) is 0 Å². The summed E-state index contributed by atoms with van der Waals surface area (Å²) in [5.41, 5.74) is 9.54. The highest BCUT2D eigenvalue weighted by molar-refractivity contribution is 5.86. The second-order valence-corrected chi connectivity index (χ2v) is 9.21. The SMILES string of the molecule is CCCC(CCO)Nc1nc(N)nc2cnn(Cc3ccc(C4CN(CCO)CCN4)cc3OC)c12. The van der Waals surface area contributed by atoms with Crippen molar-refractivity contribution >= 4 is 22.8 Å². The summed E-state index contributed by atoms with van der Waals surface area (Å²) in [7, 11) is 1.68. The molecule has 0 spiro atoms. The Morgan fingerprint density at radius 2 is 2.11 bits per heavy atom. The van der Waals surface area contributed by atoms with Gasteiger partial charge >= 0.3 is 0 Å². The van der Waals surface area contributed by atoms with Crippen molar-refractivity contribution in [3.05, 3.63) is 35.5 Å². The molecule has 0 saturated carbocycles. The Morgan fingerprint density at radius 1 is 1.25 bits per heavy atom. The van der Waals surface area contributed by atoms with E-state index in [2.05, 4.69) is 55.7 Å². The number of benzene rings is 1. The first kappa shape index (κ1) is 26.1. The highest BCUT2D eigenvalue weighted by Gasteiger charge is 2.22. The summed E-state index contributed by atoms with van der Waals surface area (Å²) in [4.78, 5) is 11.1. The Bertz CT molecular complexity index is 1130. The Balaban J connectivity index is 1.61. The molecule has 0 radical (unpaired) electrons. The molecule has 2 aromatic heterocycles. The molecule has 4 rings (SSSR count). The predicted octanol–water partition coefficient (Wildman–Crippen LogP) is 1.37. The van der Waals surface area contributed by atoms with Crippen LogP contribution in [0, 0.1) is 0 Å². The zero-order valence-electron chi connectivity index (χ0n) is 21.2. The summed E-state index contributed by atoms with van der Waals surface area (Å²) in [6, 6.07) is 6.52. The summed E-state index contributed by atoms with van der Waals surface area (Å²) >= 11 is 0. The number of rotatable bonds is 12. The van der Waals surface area contributed by atoms with Gasteiger partial charge in [0.15, 0.2) is 5.82 Å². The number of ether oxygens (including phenoxy) is 1. The number of anilines is 2. The topological polar surface area (TPSA) is 147 Å². The van der Waals surface area contributed by atoms with Gasteiger partial charge in [0.25, 0.3) is 0 Å². The third-order valence-corrected chi connectivity index (χ3v) is 6.67. The van der Waals surface area contributed by atoms with E-state index in [-0.39, 0.29) is 31.2 Å². The van der Waals surface area contributed by atoms with Crippen LogP contribution in [0.4, 0.5) is 11.8 Å². The first-order chi connectivity index (χ1) is 17.6. The number of nitrogen functional groups attached to an aromatic ring is 1. The van der Waals surface area contributed by atoms with E-state index in [9.17, 15) is 10.2 Å². The van der Waals surface area contributed by atoms with Crippen LogP contribution in [-0.4, -0.2) is 87.4 Å². The maximum atomic E-state index is 9.49. The molecular weight excluding hydrogens is 460 g/mol. The number of nitrogens with zero attached hydrogens (tertiary/aromatic N) is 5. The lowest BCUT2D eigenvalue weighted by molar-refractivity contribution is 0.157. The third-order valence-electron chi connectivity index (χ3n) is 6.67. The van der Waals surface area contributed by atoms with Crippen LogP contribution >= 0.6 is 0 Å². The van der Waals surface area contributed by atoms with Crippen molar-refractivity contribution in [2.24, 2.45) is 0 Å². The standard InChI is InChI=1S/C25H38N8O3/c1-3-4-19(7-11-34)29-24-23-20(30-25(26)31-24)14-28-33(23)15-18-6-5-17(13-22(18)36-2)21-16-32(10-12-35)9-8-27-21/h5-6,13-14,19,21,27,34-35H,3-4,7-12,15-16H2,1-2H3,(H3,26,29,30,31). The number of hydrogen-bond acceptors (Lipinski definition) is 10. The van der Waals surface area contributed by atoms with E-state index in [1.807, 2.05) is 4.68 Å². The molecule has 1 aromatic carbocycles. The molecule has 36 heavy (non-hydrogen) atoms. The van der Waals surface area contributed by atoms with Gasteiger partial charge in [0, 0.05) is 50.4 Å². The van der Waals surface area contributed by atoms with Gasteiger partial charge in [-0.05, 0) is 24.5 Å². The Kier molecular flexibility index (Phi) is 8.92. The van der Waals surface area contributed by atoms with Crippen LogP contribution < -0.4 is 21.1 Å². The lowest BCUT2D eigenvalue weighted by Crippen LogP contribution is -2.46. The average Bonchev–Trinajstić information content (AvgIpc) is 3.27. The zero-order valence-corrected chi connectivity index (χ0v) is 21.2. The number of piperazine rings is 1. The highest BCUT2D eigenvalue weighted by Crippen LogP contribution is 2.29. The Morgan fingerprint density at radius 3 is 2.86 bits per heavy atom. The quantitative estimate of drug-likeness (QED) is 0.248. The van der Waals surface area contributed by atoms with Gasteiger partial charge in [0.2, 0.25) is 5.95 Å².